The van der Waals surface area contributed by atoms with Crippen LogP contribution in [-0.2, 0) is 19.6 Å². The van der Waals surface area contributed by atoms with Crippen molar-refractivity contribution >= 4 is 21.9 Å². The number of rotatable bonds is 7. The Labute approximate surface area is 199 Å². The Balaban J connectivity index is 1.28. The van der Waals surface area contributed by atoms with Gasteiger partial charge in [-0.05, 0) is 43.2 Å². The van der Waals surface area contributed by atoms with Gasteiger partial charge in [-0.25, -0.2) is 13.2 Å². The molecule has 1 saturated heterocycles. The summed E-state index contributed by atoms with van der Waals surface area (Å²) in [6, 6.07) is 13.0. The lowest BCUT2D eigenvalue weighted by Gasteiger charge is -2.26. The summed E-state index contributed by atoms with van der Waals surface area (Å²) in [6.45, 7) is 0.923. The highest BCUT2D eigenvalue weighted by molar-refractivity contribution is 7.89. The Morgan fingerprint density at radius 3 is 2.50 bits per heavy atom. The van der Waals surface area contributed by atoms with Crippen LogP contribution in [0.3, 0.4) is 0 Å². The highest BCUT2D eigenvalue weighted by Crippen LogP contribution is 2.30. The van der Waals surface area contributed by atoms with Gasteiger partial charge in [0.05, 0.1) is 17.0 Å². The zero-order chi connectivity index (χ0) is 24.0. The van der Waals surface area contributed by atoms with Crippen molar-refractivity contribution in [3.05, 3.63) is 54.1 Å². The highest BCUT2D eigenvalue weighted by atomic mass is 32.2. The van der Waals surface area contributed by atoms with Crippen molar-refractivity contribution in [1.82, 2.24) is 9.62 Å². The average Bonchev–Trinajstić information content (AvgIpc) is 3.16. The number of amides is 1. The minimum atomic E-state index is -3.69. The van der Waals surface area contributed by atoms with Gasteiger partial charge in [0.2, 0.25) is 10.0 Å². The van der Waals surface area contributed by atoms with Crippen molar-refractivity contribution in [3.63, 3.8) is 0 Å². The molecule has 1 fully saturated rings. The van der Waals surface area contributed by atoms with Crippen LogP contribution in [0.25, 0.3) is 0 Å². The van der Waals surface area contributed by atoms with E-state index in [4.69, 9.17) is 14.2 Å². The van der Waals surface area contributed by atoms with Gasteiger partial charge in [0.25, 0.3) is 5.91 Å². The third kappa shape index (κ3) is 5.87. The molecule has 9 nitrogen and oxygen atoms in total. The fraction of sp³-hybridized carbons (Fsp3) is 0.417. The number of fused-ring (bicyclic) bond motifs is 1. The number of carbonyl (C=O) groups is 2. The largest absolute Gasteiger partial charge is 0.486 e. The number of carbonyl (C=O) groups excluding carboxylic acids is 2. The van der Waals surface area contributed by atoms with Crippen molar-refractivity contribution in [2.75, 3.05) is 32.8 Å². The van der Waals surface area contributed by atoms with Crippen LogP contribution in [0.4, 0.5) is 0 Å². The monoisotopic (exact) mass is 488 g/mol. The SMILES string of the molecule is O=C(COC(=O)c1cccc(S(=O)(=O)N2CCCCCC2)c1)NCC1COc2ccccc2O1. The molecule has 0 spiro atoms. The second-order valence-corrected chi connectivity index (χ2v) is 10.2. The molecule has 34 heavy (non-hydrogen) atoms. The summed E-state index contributed by atoms with van der Waals surface area (Å²) in [5.74, 6) is -0.00748. The zero-order valence-corrected chi connectivity index (χ0v) is 19.6. The van der Waals surface area contributed by atoms with E-state index in [-0.39, 0.29) is 29.7 Å². The van der Waals surface area contributed by atoms with Crippen molar-refractivity contribution in [1.29, 1.82) is 0 Å². The molecular formula is C24H28N2O7S. The molecule has 2 aromatic carbocycles. The molecule has 0 bridgehead atoms. The molecule has 182 valence electrons. The Morgan fingerprint density at radius 1 is 1.00 bits per heavy atom. The Kier molecular flexibility index (Phi) is 7.69. The van der Waals surface area contributed by atoms with Gasteiger partial charge in [0.1, 0.15) is 12.7 Å². The van der Waals surface area contributed by atoms with Crippen LogP contribution in [-0.4, -0.2) is 63.6 Å². The lowest BCUT2D eigenvalue weighted by atomic mass is 10.2. The van der Waals surface area contributed by atoms with Gasteiger partial charge in [-0.3, -0.25) is 4.79 Å². The molecule has 2 aromatic rings. The molecule has 0 aromatic heterocycles. The summed E-state index contributed by atoms with van der Waals surface area (Å²) in [6.07, 6.45) is 3.29. The molecule has 2 aliphatic rings. The van der Waals surface area contributed by atoms with Crippen LogP contribution in [0.15, 0.2) is 53.4 Å². The normalized spacial score (nSPS) is 18.5. The van der Waals surface area contributed by atoms with Gasteiger partial charge in [0.15, 0.2) is 18.1 Å². The summed E-state index contributed by atoms with van der Waals surface area (Å²) in [5.41, 5.74) is 0.0734. The Hall–Kier alpha value is -3.11. The minimum absolute atomic E-state index is 0.0445. The summed E-state index contributed by atoms with van der Waals surface area (Å²) in [5, 5.41) is 2.65. The van der Waals surface area contributed by atoms with Gasteiger partial charge >= 0.3 is 5.97 Å². The van der Waals surface area contributed by atoms with Gasteiger partial charge in [-0.1, -0.05) is 31.0 Å². The maximum atomic E-state index is 13.0. The topological polar surface area (TPSA) is 111 Å². The van der Waals surface area contributed by atoms with E-state index in [0.717, 1.165) is 25.7 Å². The quantitative estimate of drug-likeness (QED) is 0.596. The van der Waals surface area contributed by atoms with Gasteiger partial charge in [-0.2, -0.15) is 4.31 Å². The third-order valence-electron chi connectivity index (χ3n) is 5.70. The first-order valence-electron chi connectivity index (χ1n) is 11.4. The lowest BCUT2D eigenvalue weighted by Crippen LogP contribution is -2.42. The maximum Gasteiger partial charge on any atom is 0.338 e. The number of nitrogens with one attached hydrogen (secondary N) is 1. The molecule has 1 amide bonds. The van der Waals surface area contributed by atoms with E-state index in [1.807, 2.05) is 12.1 Å². The summed E-state index contributed by atoms with van der Waals surface area (Å²) in [4.78, 5) is 24.6. The number of ether oxygens (including phenoxy) is 3. The van der Waals surface area contributed by atoms with Crippen LogP contribution in [0.5, 0.6) is 11.5 Å². The van der Waals surface area contributed by atoms with Crippen molar-refractivity contribution in [2.24, 2.45) is 0 Å². The third-order valence-corrected chi connectivity index (χ3v) is 7.60. The molecule has 2 aliphatic heterocycles. The first kappa shape index (κ1) is 24.0. The van der Waals surface area contributed by atoms with Crippen LogP contribution in [0, 0.1) is 0 Å². The number of hydrogen-bond donors (Lipinski definition) is 1. The molecule has 1 atom stereocenters. The van der Waals surface area contributed by atoms with Crippen LogP contribution in [0.1, 0.15) is 36.0 Å². The first-order chi connectivity index (χ1) is 16.4. The maximum absolute atomic E-state index is 13.0. The Morgan fingerprint density at radius 2 is 1.74 bits per heavy atom. The molecule has 0 saturated carbocycles. The number of benzene rings is 2. The van der Waals surface area contributed by atoms with E-state index in [9.17, 15) is 18.0 Å². The predicted molar refractivity (Wildman–Crippen MR) is 123 cm³/mol. The molecule has 1 unspecified atom stereocenters. The number of sulfonamides is 1. The van der Waals surface area contributed by atoms with Crippen molar-refractivity contribution in [2.45, 2.75) is 36.7 Å². The standard InChI is InChI=1S/C24H28N2O7S/c27-23(25-15-19-16-31-21-10-3-4-11-22(21)33-19)17-32-24(28)18-8-7-9-20(14-18)34(29,30)26-12-5-1-2-6-13-26/h3-4,7-11,14,19H,1-2,5-6,12-13,15-17H2,(H,25,27). The minimum Gasteiger partial charge on any atom is -0.486 e. The van der Waals surface area contributed by atoms with E-state index >= 15 is 0 Å². The van der Waals surface area contributed by atoms with E-state index in [0.29, 0.717) is 24.6 Å². The number of nitrogens with zero attached hydrogens (tertiary/aromatic N) is 1. The molecule has 0 radical (unpaired) electrons. The van der Waals surface area contributed by atoms with Crippen molar-refractivity contribution < 1.29 is 32.2 Å². The second kappa shape index (κ2) is 10.9. The summed E-state index contributed by atoms with van der Waals surface area (Å²) in [7, 11) is -3.69. The molecule has 0 aliphatic carbocycles. The van der Waals surface area contributed by atoms with Crippen LogP contribution < -0.4 is 14.8 Å². The molecular weight excluding hydrogens is 460 g/mol. The first-order valence-corrected chi connectivity index (χ1v) is 12.8. The fourth-order valence-electron chi connectivity index (χ4n) is 3.87. The smallest absolute Gasteiger partial charge is 0.338 e. The zero-order valence-electron chi connectivity index (χ0n) is 18.8. The molecule has 1 N–H and O–H groups in total. The average molecular weight is 489 g/mol. The van der Waals surface area contributed by atoms with E-state index in [1.54, 1.807) is 12.1 Å². The van der Waals surface area contributed by atoms with Crippen molar-refractivity contribution in [3.8, 4) is 11.5 Å². The van der Waals surface area contributed by atoms with Crippen LogP contribution >= 0.6 is 0 Å². The van der Waals surface area contributed by atoms with Gasteiger partial charge in [-0.15, -0.1) is 0 Å². The molecule has 4 rings (SSSR count). The summed E-state index contributed by atoms with van der Waals surface area (Å²) < 4.78 is 43.9. The van der Waals surface area contributed by atoms with E-state index < -0.39 is 28.5 Å². The predicted octanol–water partition coefficient (Wildman–Crippen LogP) is 2.36. The van der Waals surface area contributed by atoms with Gasteiger partial charge < -0.3 is 19.5 Å². The highest BCUT2D eigenvalue weighted by Gasteiger charge is 2.26. The Bertz CT molecular complexity index is 1130. The number of esters is 1. The fourth-order valence-corrected chi connectivity index (χ4v) is 5.43. The molecule has 2 heterocycles. The van der Waals surface area contributed by atoms with E-state index in [1.165, 1.54) is 28.6 Å². The van der Waals surface area contributed by atoms with Crippen LogP contribution in [0.2, 0.25) is 0 Å². The second-order valence-electron chi connectivity index (χ2n) is 8.22. The molecule has 10 heteroatoms. The van der Waals surface area contributed by atoms with E-state index in [2.05, 4.69) is 5.32 Å². The number of hydrogen-bond acceptors (Lipinski definition) is 7. The summed E-state index contributed by atoms with van der Waals surface area (Å²) >= 11 is 0. The van der Waals surface area contributed by atoms with Gasteiger partial charge in [0, 0.05) is 13.1 Å². The number of para-hydroxylation sites is 2. The lowest BCUT2D eigenvalue weighted by molar-refractivity contribution is -0.124.